The molecule has 0 radical (unpaired) electrons. The van der Waals surface area contributed by atoms with Gasteiger partial charge in [0.25, 0.3) is 0 Å². The van der Waals surface area contributed by atoms with Gasteiger partial charge in [0.2, 0.25) is 0 Å². The summed E-state index contributed by atoms with van der Waals surface area (Å²) in [5.41, 5.74) is 3.59. The minimum absolute atomic E-state index is 0. The fourth-order valence-electron chi connectivity index (χ4n) is 3.95. The number of para-hydroxylation sites is 1. The van der Waals surface area contributed by atoms with E-state index in [9.17, 15) is 4.39 Å². The molecule has 2 aromatic carbocycles. The van der Waals surface area contributed by atoms with E-state index in [1.54, 1.807) is 29.2 Å². The Morgan fingerprint density at radius 2 is 1.53 bits per heavy atom. The molecule has 0 N–H and O–H groups in total. The van der Waals surface area contributed by atoms with Crippen LogP contribution in [0.3, 0.4) is 0 Å². The summed E-state index contributed by atoms with van der Waals surface area (Å²) >= 11 is 6.62. The van der Waals surface area contributed by atoms with E-state index < -0.39 is 0 Å². The molecular weight excluding hydrogens is 498 g/mol. The number of anilines is 1. The lowest BCUT2D eigenvalue weighted by Crippen LogP contribution is -2.46. The van der Waals surface area contributed by atoms with Gasteiger partial charge in [-0.1, -0.05) is 29.8 Å². The van der Waals surface area contributed by atoms with Gasteiger partial charge in [-0.3, -0.25) is 9.88 Å². The molecule has 178 valence electrons. The Labute approximate surface area is 215 Å². The van der Waals surface area contributed by atoms with Gasteiger partial charge in [0.15, 0.2) is 5.82 Å². The predicted molar refractivity (Wildman–Crippen MR) is 138 cm³/mol. The van der Waals surface area contributed by atoms with Gasteiger partial charge in [0.05, 0.1) is 11.9 Å². The van der Waals surface area contributed by atoms with E-state index in [-0.39, 0.29) is 30.6 Å². The van der Waals surface area contributed by atoms with Crippen LogP contribution in [0.25, 0.3) is 16.9 Å². The first-order valence-corrected chi connectivity index (χ1v) is 10.9. The first-order valence-electron chi connectivity index (χ1n) is 10.5. The SMILES string of the molecule is Cl.Cl.Fc1ccc(-c2nccnc2N2CCN(Cc3cnn(-c4ccccc4)c3Cl)CC2)cc1. The van der Waals surface area contributed by atoms with Crippen LogP contribution < -0.4 is 4.90 Å². The Bertz CT molecular complexity index is 1200. The molecule has 0 unspecified atom stereocenters. The van der Waals surface area contributed by atoms with E-state index >= 15 is 0 Å². The molecule has 0 aliphatic carbocycles. The van der Waals surface area contributed by atoms with Crippen molar-refractivity contribution >= 4 is 42.2 Å². The van der Waals surface area contributed by atoms with Crippen molar-refractivity contribution in [3.63, 3.8) is 0 Å². The summed E-state index contributed by atoms with van der Waals surface area (Å²) in [6, 6.07) is 16.3. The third-order valence-corrected chi connectivity index (χ3v) is 6.05. The Hall–Kier alpha value is -2.71. The van der Waals surface area contributed by atoms with Crippen LogP contribution >= 0.6 is 36.4 Å². The van der Waals surface area contributed by atoms with Crippen LogP contribution in [0.2, 0.25) is 5.15 Å². The highest BCUT2D eigenvalue weighted by Gasteiger charge is 2.23. The maximum Gasteiger partial charge on any atom is 0.155 e. The van der Waals surface area contributed by atoms with Crippen LogP contribution in [0.15, 0.2) is 73.2 Å². The van der Waals surface area contributed by atoms with E-state index in [4.69, 9.17) is 11.6 Å². The maximum atomic E-state index is 13.3. The number of hydrogen-bond acceptors (Lipinski definition) is 5. The number of nitrogens with zero attached hydrogens (tertiary/aromatic N) is 6. The van der Waals surface area contributed by atoms with Crippen molar-refractivity contribution in [3.8, 4) is 16.9 Å². The molecule has 10 heteroatoms. The van der Waals surface area contributed by atoms with Crippen LogP contribution in [-0.4, -0.2) is 50.8 Å². The first kappa shape index (κ1) is 25.9. The fourth-order valence-corrected chi connectivity index (χ4v) is 4.20. The van der Waals surface area contributed by atoms with Crippen molar-refractivity contribution in [3.05, 3.63) is 89.7 Å². The molecule has 3 heterocycles. The molecule has 0 atom stereocenters. The molecule has 6 nitrogen and oxygen atoms in total. The largest absolute Gasteiger partial charge is 0.352 e. The first-order chi connectivity index (χ1) is 15.7. The van der Waals surface area contributed by atoms with Crippen LogP contribution in [-0.2, 0) is 6.54 Å². The molecule has 0 amide bonds. The molecule has 34 heavy (non-hydrogen) atoms. The van der Waals surface area contributed by atoms with Gasteiger partial charge in [-0.15, -0.1) is 24.8 Å². The minimum Gasteiger partial charge on any atom is -0.352 e. The highest BCUT2D eigenvalue weighted by molar-refractivity contribution is 6.30. The third kappa shape index (κ3) is 5.50. The number of halogens is 4. The topological polar surface area (TPSA) is 50.1 Å². The average Bonchev–Trinajstić information content (AvgIpc) is 3.20. The molecule has 4 aromatic rings. The van der Waals surface area contributed by atoms with Gasteiger partial charge in [0, 0.05) is 56.2 Å². The summed E-state index contributed by atoms with van der Waals surface area (Å²) in [7, 11) is 0. The van der Waals surface area contributed by atoms with E-state index in [0.29, 0.717) is 5.15 Å². The summed E-state index contributed by atoms with van der Waals surface area (Å²) in [5.74, 6) is 0.565. The lowest BCUT2D eigenvalue weighted by molar-refractivity contribution is 0.249. The van der Waals surface area contributed by atoms with Crippen molar-refractivity contribution in [2.75, 3.05) is 31.1 Å². The zero-order valence-corrected chi connectivity index (χ0v) is 20.6. The molecule has 0 spiro atoms. The normalized spacial score (nSPS) is 13.8. The highest BCUT2D eigenvalue weighted by Crippen LogP contribution is 2.28. The molecule has 1 aliphatic rings. The zero-order valence-electron chi connectivity index (χ0n) is 18.2. The summed E-state index contributed by atoms with van der Waals surface area (Å²) in [6.07, 6.45) is 5.22. The third-order valence-electron chi connectivity index (χ3n) is 5.64. The second kappa shape index (κ2) is 11.6. The van der Waals surface area contributed by atoms with Crippen molar-refractivity contribution in [1.29, 1.82) is 0 Å². The van der Waals surface area contributed by atoms with Gasteiger partial charge in [0.1, 0.15) is 16.7 Å². The van der Waals surface area contributed by atoms with Crippen molar-refractivity contribution < 1.29 is 4.39 Å². The van der Waals surface area contributed by atoms with Gasteiger partial charge in [-0.05, 0) is 36.4 Å². The average molecular weight is 522 g/mol. The van der Waals surface area contributed by atoms with E-state index in [1.807, 2.05) is 36.5 Å². The Morgan fingerprint density at radius 3 is 2.24 bits per heavy atom. The van der Waals surface area contributed by atoms with Gasteiger partial charge >= 0.3 is 0 Å². The summed E-state index contributed by atoms with van der Waals surface area (Å²) in [6.45, 7) is 4.11. The fraction of sp³-hybridized carbons (Fsp3) is 0.208. The molecular formula is C24H24Cl3FN6. The molecule has 1 saturated heterocycles. The zero-order chi connectivity index (χ0) is 21.9. The number of hydrogen-bond donors (Lipinski definition) is 0. The van der Waals surface area contributed by atoms with Gasteiger partial charge in [-0.25, -0.2) is 14.1 Å². The lowest BCUT2D eigenvalue weighted by atomic mass is 10.1. The monoisotopic (exact) mass is 520 g/mol. The Balaban J connectivity index is 0.00000162. The van der Waals surface area contributed by atoms with E-state index in [1.165, 1.54) is 12.1 Å². The van der Waals surface area contributed by atoms with Crippen LogP contribution in [0.1, 0.15) is 5.56 Å². The molecule has 2 aromatic heterocycles. The van der Waals surface area contributed by atoms with E-state index in [2.05, 4.69) is 24.9 Å². The van der Waals surface area contributed by atoms with Crippen LogP contribution in [0.4, 0.5) is 10.2 Å². The Morgan fingerprint density at radius 1 is 0.853 bits per heavy atom. The van der Waals surface area contributed by atoms with Crippen molar-refractivity contribution in [1.82, 2.24) is 24.6 Å². The van der Waals surface area contributed by atoms with Gasteiger partial charge < -0.3 is 4.90 Å². The quantitative estimate of drug-likeness (QED) is 0.357. The Kier molecular flexibility index (Phi) is 8.85. The predicted octanol–water partition coefficient (Wildman–Crippen LogP) is 5.29. The molecule has 1 fully saturated rings. The van der Waals surface area contributed by atoms with Crippen molar-refractivity contribution in [2.45, 2.75) is 6.54 Å². The summed E-state index contributed by atoms with van der Waals surface area (Å²) in [4.78, 5) is 13.7. The number of benzene rings is 2. The maximum absolute atomic E-state index is 13.3. The molecule has 5 rings (SSSR count). The standard InChI is InChI=1S/C24H22ClFN6.2ClH/c25-23-19(16-29-32(23)21-4-2-1-3-5-21)17-30-12-14-31(15-13-30)24-22(27-10-11-28-24)18-6-8-20(26)9-7-18;;/h1-11,16H,12-15,17H2;2*1H. The second-order valence-corrected chi connectivity index (χ2v) is 8.06. The molecule has 0 saturated carbocycles. The van der Waals surface area contributed by atoms with Crippen molar-refractivity contribution in [2.24, 2.45) is 0 Å². The summed E-state index contributed by atoms with van der Waals surface area (Å²) in [5, 5.41) is 5.11. The van der Waals surface area contributed by atoms with Crippen LogP contribution in [0.5, 0.6) is 0 Å². The number of piperazine rings is 1. The molecule has 0 bridgehead atoms. The number of rotatable bonds is 5. The van der Waals surface area contributed by atoms with E-state index in [0.717, 1.165) is 61.0 Å². The summed E-state index contributed by atoms with van der Waals surface area (Å²) < 4.78 is 15.1. The smallest absolute Gasteiger partial charge is 0.155 e. The number of aromatic nitrogens is 4. The van der Waals surface area contributed by atoms with Crippen LogP contribution in [0, 0.1) is 5.82 Å². The minimum atomic E-state index is -0.262. The van der Waals surface area contributed by atoms with Gasteiger partial charge in [-0.2, -0.15) is 5.10 Å². The molecule has 1 aliphatic heterocycles. The lowest BCUT2D eigenvalue weighted by Gasteiger charge is -2.35. The second-order valence-electron chi connectivity index (χ2n) is 7.71. The highest BCUT2D eigenvalue weighted by atomic mass is 35.5.